The van der Waals surface area contributed by atoms with Crippen molar-refractivity contribution >= 4 is 17.8 Å². The lowest BCUT2D eigenvalue weighted by molar-refractivity contribution is -0.118. The highest BCUT2D eigenvalue weighted by Crippen LogP contribution is 2.23. The van der Waals surface area contributed by atoms with E-state index in [1.54, 1.807) is 0 Å². The zero-order valence-corrected chi connectivity index (χ0v) is 12.3. The Morgan fingerprint density at radius 2 is 1.61 bits per heavy atom. The second-order valence-electron chi connectivity index (χ2n) is 5.12. The lowest BCUT2D eigenvalue weighted by Crippen LogP contribution is -2.20. The molecule has 0 aliphatic rings. The minimum Gasteiger partial charge on any atom is -0.277 e. The summed E-state index contributed by atoms with van der Waals surface area (Å²) in [7, 11) is 0. The average molecular weight is 267 g/mol. The van der Waals surface area contributed by atoms with Crippen molar-refractivity contribution in [1.82, 2.24) is 4.72 Å². The van der Waals surface area contributed by atoms with E-state index in [2.05, 4.69) is 50.6 Å². The number of carbonyl (C=O) groups is 1. The molecule has 0 atom stereocenters. The fourth-order valence-corrected chi connectivity index (χ4v) is 1.97. The highest BCUT2D eigenvalue weighted by Gasteiger charge is 2.09. The van der Waals surface area contributed by atoms with Gasteiger partial charge >= 0.3 is 0 Å². The van der Waals surface area contributed by atoms with Gasteiger partial charge in [0.15, 0.2) is 0 Å². The number of thiol groups is 1. The van der Waals surface area contributed by atoms with Gasteiger partial charge < -0.3 is 0 Å². The van der Waals surface area contributed by atoms with Crippen molar-refractivity contribution in [3.05, 3.63) is 34.9 Å². The number of carbonyl (C=O) groups excluding carboxylic acids is 1. The van der Waals surface area contributed by atoms with E-state index in [0.717, 1.165) is 5.56 Å². The number of benzene rings is 1. The van der Waals surface area contributed by atoms with Gasteiger partial charge in [0.2, 0.25) is 5.91 Å². The molecule has 3 nitrogen and oxygen atoms in total. The predicted molar refractivity (Wildman–Crippen MR) is 76.0 cm³/mol. The monoisotopic (exact) mass is 267 g/mol. The molecular weight excluding hydrogens is 246 g/mol. The van der Waals surface area contributed by atoms with E-state index in [9.17, 15) is 9.00 Å². The molecule has 1 amide bonds. The summed E-state index contributed by atoms with van der Waals surface area (Å²) < 4.78 is 12.6. The van der Waals surface area contributed by atoms with Crippen LogP contribution >= 0.6 is 0 Å². The molecule has 0 radical (unpaired) electrons. The Bertz CT molecular complexity index is 415. The summed E-state index contributed by atoms with van der Waals surface area (Å²) in [4.78, 5) is 11.5. The number of hydrogen-bond acceptors (Lipinski definition) is 2. The third-order valence-corrected chi connectivity index (χ3v) is 3.25. The van der Waals surface area contributed by atoms with E-state index >= 15 is 0 Å². The van der Waals surface area contributed by atoms with Crippen molar-refractivity contribution in [3.63, 3.8) is 0 Å². The van der Waals surface area contributed by atoms with Crippen molar-refractivity contribution in [3.8, 4) is 0 Å². The largest absolute Gasteiger partial charge is 0.277 e. The molecule has 0 aromatic heterocycles. The van der Waals surface area contributed by atoms with Gasteiger partial charge in [0.25, 0.3) is 0 Å². The Hall–Kier alpha value is -1.16. The zero-order chi connectivity index (χ0) is 13.7. The maximum Gasteiger partial charge on any atom is 0.235 e. The van der Waals surface area contributed by atoms with E-state index in [0.29, 0.717) is 11.8 Å². The summed E-state index contributed by atoms with van der Waals surface area (Å²) in [5.74, 6) is 0.647. The minimum atomic E-state index is -0.337. The van der Waals surface area contributed by atoms with Crippen LogP contribution in [0.5, 0.6) is 0 Å². The Morgan fingerprint density at radius 3 is 2.00 bits per heavy atom. The molecule has 0 heterocycles. The van der Waals surface area contributed by atoms with Crippen molar-refractivity contribution in [1.29, 1.82) is 0 Å². The van der Waals surface area contributed by atoms with Crippen LogP contribution in [0.3, 0.4) is 0 Å². The molecule has 0 saturated heterocycles. The van der Waals surface area contributed by atoms with Crippen LogP contribution in [0.1, 0.15) is 56.2 Å². The van der Waals surface area contributed by atoms with Gasteiger partial charge in [-0.25, -0.2) is 4.21 Å². The van der Waals surface area contributed by atoms with Crippen LogP contribution in [-0.2, 0) is 23.1 Å². The van der Waals surface area contributed by atoms with Crippen LogP contribution in [-0.4, -0.2) is 10.1 Å². The molecule has 1 N–H and O–H groups in total. The summed E-state index contributed by atoms with van der Waals surface area (Å²) in [6.45, 7) is 8.55. The lowest BCUT2D eigenvalue weighted by atomic mass is 9.92. The third-order valence-electron chi connectivity index (χ3n) is 2.91. The maximum absolute atomic E-state index is 11.5. The topological polar surface area (TPSA) is 46.2 Å². The molecule has 1 aromatic rings. The molecule has 18 heavy (non-hydrogen) atoms. The molecule has 0 unspecified atom stereocenters. The minimum absolute atomic E-state index is 0.220. The van der Waals surface area contributed by atoms with Gasteiger partial charge in [-0.15, -0.1) is 0 Å². The summed E-state index contributed by atoms with van der Waals surface area (Å²) in [6, 6.07) is 6.30. The van der Waals surface area contributed by atoms with Crippen LogP contribution in [0, 0.1) is 0 Å². The van der Waals surface area contributed by atoms with Gasteiger partial charge in [-0.3, -0.25) is 9.52 Å². The van der Waals surface area contributed by atoms with Crippen LogP contribution in [0.4, 0.5) is 0 Å². The van der Waals surface area contributed by atoms with Crippen LogP contribution in [0.25, 0.3) is 0 Å². The van der Waals surface area contributed by atoms with E-state index < -0.39 is 0 Å². The zero-order valence-electron chi connectivity index (χ0n) is 11.4. The lowest BCUT2D eigenvalue weighted by Gasteiger charge is -2.14. The van der Waals surface area contributed by atoms with Gasteiger partial charge in [-0.2, -0.15) is 0 Å². The van der Waals surface area contributed by atoms with E-state index in [1.165, 1.54) is 11.1 Å². The van der Waals surface area contributed by atoms with Crippen molar-refractivity contribution in [2.45, 2.75) is 46.0 Å². The van der Waals surface area contributed by atoms with Gasteiger partial charge in [-0.1, -0.05) is 45.9 Å². The molecule has 0 spiro atoms. The smallest absolute Gasteiger partial charge is 0.235 e. The fraction of sp³-hybridized carbons (Fsp3) is 0.500. The fourth-order valence-electron chi connectivity index (χ4n) is 1.79. The van der Waals surface area contributed by atoms with Crippen LogP contribution < -0.4 is 4.72 Å². The van der Waals surface area contributed by atoms with Gasteiger partial charge in [0, 0.05) is 0 Å². The Balaban J connectivity index is 3.03. The normalized spacial score (nSPS) is 11.0. The second kappa shape index (κ2) is 6.69. The molecule has 0 aliphatic heterocycles. The molecule has 0 aliphatic carbocycles. The number of nitrogens with one attached hydrogen (secondary N) is 1. The number of amides is 1. The molecule has 0 fully saturated rings. The van der Waals surface area contributed by atoms with E-state index in [-0.39, 0.29) is 24.2 Å². The third kappa shape index (κ3) is 4.26. The number of rotatable bonds is 5. The summed E-state index contributed by atoms with van der Waals surface area (Å²) in [6.07, 6.45) is 0.273. The van der Waals surface area contributed by atoms with Gasteiger partial charge in [0.1, 0.15) is 11.9 Å². The molecule has 100 valence electrons. The quantitative estimate of drug-likeness (QED) is 0.805. The van der Waals surface area contributed by atoms with Crippen molar-refractivity contribution < 1.29 is 9.00 Å². The standard InChI is InChI=1S/C14H21NO2S/c1-9(2)12-5-11(7-14(16)15-18-17)6-13(8-12)10(3)4/h5-6,8-10,18H,7H2,1-4H3,(H,15,16,17). The predicted octanol–water partition coefficient (Wildman–Crippen LogP) is 2.45. The maximum atomic E-state index is 11.5. The first kappa shape index (κ1) is 14.9. The SMILES string of the molecule is CC(C)c1cc(CC(=O)N[SH]=O)cc(C(C)C)c1. The number of hydrogen-bond donors (Lipinski definition) is 2. The first-order valence-electron chi connectivity index (χ1n) is 6.19. The van der Waals surface area contributed by atoms with E-state index in [4.69, 9.17) is 0 Å². The highest BCUT2D eigenvalue weighted by molar-refractivity contribution is 7.64. The summed E-state index contributed by atoms with van der Waals surface area (Å²) in [5, 5.41) is 0. The second-order valence-corrected chi connectivity index (χ2v) is 5.53. The molecule has 0 bridgehead atoms. The Morgan fingerprint density at radius 1 is 1.11 bits per heavy atom. The Labute approximate surface area is 113 Å². The summed E-state index contributed by atoms with van der Waals surface area (Å²) >= 11 is -0.337. The van der Waals surface area contributed by atoms with Gasteiger partial charge in [-0.05, 0) is 28.5 Å². The molecule has 4 heteroatoms. The highest BCUT2D eigenvalue weighted by atomic mass is 32.2. The average Bonchev–Trinajstić information content (AvgIpc) is 2.28. The van der Waals surface area contributed by atoms with Gasteiger partial charge in [0.05, 0.1) is 6.42 Å². The Kier molecular flexibility index (Phi) is 5.54. The first-order valence-corrected chi connectivity index (χ1v) is 7.00. The van der Waals surface area contributed by atoms with Crippen molar-refractivity contribution in [2.75, 3.05) is 0 Å². The molecule has 1 aromatic carbocycles. The van der Waals surface area contributed by atoms with Crippen LogP contribution in [0.15, 0.2) is 18.2 Å². The van der Waals surface area contributed by atoms with Crippen molar-refractivity contribution in [2.24, 2.45) is 0 Å². The first-order chi connectivity index (χ1) is 8.43. The van der Waals surface area contributed by atoms with Crippen LogP contribution in [0.2, 0.25) is 0 Å². The molecule has 0 saturated carbocycles. The summed E-state index contributed by atoms with van der Waals surface area (Å²) in [5.41, 5.74) is 3.46. The molecular formula is C14H21NO2S. The van der Waals surface area contributed by atoms with E-state index in [1.807, 2.05) is 0 Å². The molecule has 1 rings (SSSR count).